The van der Waals surface area contributed by atoms with Crippen LogP contribution in [0, 0.1) is 5.92 Å². The first-order chi connectivity index (χ1) is 18.0. The Labute approximate surface area is 214 Å². The van der Waals surface area contributed by atoms with Gasteiger partial charge in [-0.15, -0.1) is 10.2 Å². The summed E-state index contributed by atoms with van der Waals surface area (Å²) in [6.45, 7) is 1.37. The van der Waals surface area contributed by atoms with Crippen molar-refractivity contribution in [2.75, 3.05) is 18.0 Å². The van der Waals surface area contributed by atoms with Gasteiger partial charge in [0.2, 0.25) is 12.2 Å². The fraction of sp³-hybridized carbons (Fsp3) is 0.440. The highest BCUT2D eigenvalue weighted by Gasteiger charge is 2.25. The minimum absolute atomic E-state index is 0.00871. The molecule has 2 aromatic heterocycles. The lowest BCUT2D eigenvalue weighted by Crippen LogP contribution is -2.40. The van der Waals surface area contributed by atoms with Crippen molar-refractivity contribution >= 4 is 29.6 Å². The van der Waals surface area contributed by atoms with E-state index in [4.69, 9.17) is 22.2 Å². The van der Waals surface area contributed by atoms with Gasteiger partial charge in [-0.2, -0.15) is 4.98 Å². The highest BCUT2D eigenvalue weighted by Crippen LogP contribution is 2.31. The third-order valence-corrected chi connectivity index (χ3v) is 7.03. The number of ether oxygens (including phenoxy) is 1. The van der Waals surface area contributed by atoms with Gasteiger partial charge in [-0.1, -0.05) is 16.8 Å². The largest absolute Gasteiger partial charge is 0.490 e. The Kier molecular flexibility index (Phi) is 7.02. The van der Waals surface area contributed by atoms with E-state index in [1.807, 2.05) is 11.0 Å². The van der Waals surface area contributed by atoms with Gasteiger partial charge < -0.3 is 24.3 Å². The number of rotatable bonds is 7. The second-order valence-electron chi connectivity index (χ2n) is 9.12. The molecule has 36 heavy (non-hydrogen) atoms. The van der Waals surface area contributed by atoms with E-state index in [1.165, 1.54) is 6.39 Å². The molecule has 11 heteroatoms. The molecule has 1 N–H and O–H groups in total. The van der Waals surface area contributed by atoms with Gasteiger partial charge in [0.25, 0.3) is 5.91 Å². The van der Waals surface area contributed by atoms with Gasteiger partial charge in [0.1, 0.15) is 12.0 Å². The molecular weight excluding hydrogens is 484 g/mol. The first kappa shape index (κ1) is 22.9. The van der Waals surface area contributed by atoms with Crippen LogP contribution >= 0.6 is 11.6 Å². The van der Waals surface area contributed by atoms with Crippen LogP contribution in [0.15, 0.2) is 41.2 Å². The van der Waals surface area contributed by atoms with Crippen molar-refractivity contribution in [3.8, 4) is 17.1 Å². The summed E-state index contributed by atoms with van der Waals surface area (Å²) in [5.74, 6) is 1.33. The number of amides is 1. The molecule has 1 saturated heterocycles. The van der Waals surface area contributed by atoms with E-state index >= 15 is 0 Å². The van der Waals surface area contributed by atoms with Crippen LogP contribution in [0.5, 0.6) is 5.75 Å². The smallest absolute Gasteiger partial charge is 0.272 e. The summed E-state index contributed by atoms with van der Waals surface area (Å²) in [7, 11) is 0. The van der Waals surface area contributed by atoms with Crippen LogP contribution in [-0.4, -0.2) is 57.8 Å². The van der Waals surface area contributed by atoms with Crippen molar-refractivity contribution in [3.05, 3.63) is 47.4 Å². The number of carbonyl (C=O) groups excluding carboxylic acids is 2. The Morgan fingerprint density at radius 1 is 1.17 bits per heavy atom. The van der Waals surface area contributed by atoms with Crippen LogP contribution in [0.25, 0.3) is 11.4 Å². The molecule has 1 aliphatic carbocycles. The predicted molar refractivity (Wildman–Crippen MR) is 132 cm³/mol. The van der Waals surface area contributed by atoms with Crippen LogP contribution in [0.1, 0.15) is 50.4 Å². The molecule has 10 nitrogen and oxygen atoms in total. The molecule has 5 rings (SSSR count). The number of halogens is 1. The van der Waals surface area contributed by atoms with Gasteiger partial charge in [0, 0.05) is 30.6 Å². The number of aromatic nitrogens is 4. The number of hydrogen-bond donors (Lipinski definition) is 1. The number of carbonyl (C=O) groups is 2. The molecule has 1 amide bonds. The summed E-state index contributed by atoms with van der Waals surface area (Å²) in [4.78, 5) is 29.8. The SMILES string of the molecule is [2H]c1cc(N2CCC(C=O)CC2)nnc1C(=O)NC1CCC(Oc2ccc(-c3ncon3)c(Cl)c2)CC1. The molecule has 1 aromatic carbocycles. The number of hydrogen-bond acceptors (Lipinski definition) is 9. The lowest BCUT2D eigenvalue weighted by Gasteiger charge is -2.30. The minimum atomic E-state index is -0.392. The Balaban J connectivity index is 1.11. The Bertz CT molecular complexity index is 1240. The summed E-state index contributed by atoms with van der Waals surface area (Å²) in [6, 6.07) is 6.95. The number of nitrogens with one attached hydrogen (secondary N) is 1. The number of aldehydes is 1. The van der Waals surface area contributed by atoms with E-state index in [-0.39, 0.29) is 29.8 Å². The third kappa shape index (κ3) is 5.64. The minimum Gasteiger partial charge on any atom is -0.490 e. The molecule has 1 saturated carbocycles. The predicted octanol–water partition coefficient (Wildman–Crippen LogP) is 3.72. The van der Waals surface area contributed by atoms with Gasteiger partial charge in [0.05, 0.1) is 12.5 Å². The van der Waals surface area contributed by atoms with E-state index in [1.54, 1.807) is 18.2 Å². The van der Waals surface area contributed by atoms with E-state index in [0.29, 0.717) is 41.1 Å². The maximum atomic E-state index is 12.8. The lowest BCUT2D eigenvalue weighted by molar-refractivity contribution is -0.111. The van der Waals surface area contributed by atoms with E-state index in [9.17, 15) is 9.59 Å². The van der Waals surface area contributed by atoms with Crippen molar-refractivity contribution in [1.29, 1.82) is 0 Å². The topological polar surface area (TPSA) is 123 Å². The molecule has 0 radical (unpaired) electrons. The van der Waals surface area contributed by atoms with Crippen molar-refractivity contribution in [1.82, 2.24) is 25.7 Å². The molecule has 0 bridgehead atoms. The van der Waals surface area contributed by atoms with Crippen LogP contribution in [0.3, 0.4) is 0 Å². The second kappa shape index (κ2) is 11.0. The monoisotopic (exact) mass is 511 g/mol. The molecule has 3 aromatic rings. The zero-order valence-electron chi connectivity index (χ0n) is 20.6. The van der Waals surface area contributed by atoms with Gasteiger partial charge >= 0.3 is 0 Å². The third-order valence-electron chi connectivity index (χ3n) is 6.72. The maximum absolute atomic E-state index is 12.8. The van der Waals surface area contributed by atoms with E-state index in [2.05, 4.69) is 25.7 Å². The lowest BCUT2D eigenvalue weighted by atomic mass is 9.92. The molecule has 188 valence electrons. The summed E-state index contributed by atoms with van der Waals surface area (Å²) >= 11 is 6.36. The van der Waals surface area contributed by atoms with Gasteiger partial charge in [-0.3, -0.25) is 4.79 Å². The molecular formula is C25H27ClN6O4. The highest BCUT2D eigenvalue weighted by atomic mass is 35.5. The Morgan fingerprint density at radius 3 is 2.64 bits per heavy atom. The highest BCUT2D eigenvalue weighted by molar-refractivity contribution is 6.33. The zero-order valence-corrected chi connectivity index (χ0v) is 20.4. The number of benzene rings is 1. The quantitative estimate of drug-likeness (QED) is 0.472. The normalized spacial score (nSPS) is 21.0. The number of piperidine rings is 1. The Hall–Kier alpha value is -3.53. The molecule has 0 spiro atoms. The number of anilines is 1. The number of nitrogens with zero attached hydrogens (tertiary/aromatic N) is 5. The Morgan fingerprint density at radius 2 is 1.97 bits per heavy atom. The standard InChI is InChI=1S/C25H27ClN6O4/c26-21-13-19(5-6-20(21)24-27-15-35-31-24)36-18-3-1-17(2-4-18)28-25(34)22-7-8-23(30-29-22)32-11-9-16(14-33)10-12-32/h5-8,13-18H,1-4,9-12H2,(H,28,34)/i7D. The van der Waals surface area contributed by atoms with Crippen LogP contribution in [0.4, 0.5) is 5.82 Å². The van der Waals surface area contributed by atoms with Crippen molar-refractivity contribution in [2.45, 2.75) is 50.7 Å². The average Bonchev–Trinajstić information content (AvgIpc) is 3.44. The fourth-order valence-corrected chi connectivity index (χ4v) is 4.89. The fourth-order valence-electron chi connectivity index (χ4n) is 4.63. The first-order valence-corrected chi connectivity index (χ1v) is 12.5. The molecule has 2 aliphatic rings. The van der Waals surface area contributed by atoms with E-state index < -0.39 is 5.91 Å². The first-order valence-electron chi connectivity index (χ1n) is 12.6. The van der Waals surface area contributed by atoms with E-state index in [0.717, 1.165) is 44.8 Å². The average molecular weight is 512 g/mol. The molecule has 2 fully saturated rings. The summed E-state index contributed by atoms with van der Waals surface area (Å²) in [5.41, 5.74) is 0.683. The van der Waals surface area contributed by atoms with Gasteiger partial charge in [0.15, 0.2) is 11.5 Å². The van der Waals surface area contributed by atoms with Crippen LogP contribution < -0.4 is 15.0 Å². The van der Waals surface area contributed by atoms with Gasteiger partial charge in [-0.05, 0) is 68.8 Å². The van der Waals surface area contributed by atoms with Crippen molar-refractivity contribution in [2.24, 2.45) is 5.92 Å². The summed E-state index contributed by atoms with van der Waals surface area (Å²) < 4.78 is 19.2. The zero-order chi connectivity index (χ0) is 25.8. The molecule has 1 aliphatic heterocycles. The molecule has 0 atom stereocenters. The van der Waals surface area contributed by atoms with Gasteiger partial charge in [-0.25, -0.2) is 0 Å². The van der Waals surface area contributed by atoms with Crippen molar-refractivity contribution < 1.29 is 20.2 Å². The maximum Gasteiger partial charge on any atom is 0.272 e. The van der Waals surface area contributed by atoms with Crippen molar-refractivity contribution in [3.63, 3.8) is 0 Å². The second-order valence-corrected chi connectivity index (χ2v) is 9.52. The van der Waals surface area contributed by atoms with Crippen LogP contribution in [-0.2, 0) is 4.79 Å². The molecule has 3 heterocycles. The summed E-state index contributed by atoms with van der Waals surface area (Å²) in [5, 5.41) is 15.5. The summed E-state index contributed by atoms with van der Waals surface area (Å²) in [6.07, 6.45) is 6.80. The van der Waals surface area contributed by atoms with Crippen LogP contribution in [0.2, 0.25) is 5.02 Å². The molecule has 0 unspecified atom stereocenters.